The fourth-order valence-corrected chi connectivity index (χ4v) is 2.70. The van der Waals surface area contributed by atoms with E-state index in [0.717, 1.165) is 18.4 Å². The number of hydrogen-bond donors (Lipinski definition) is 1. The molecule has 0 amide bonds. The van der Waals surface area contributed by atoms with E-state index in [2.05, 4.69) is 0 Å². The van der Waals surface area contributed by atoms with Crippen LogP contribution in [0.15, 0.2) is 18.2 Å². The van der Waals surface area contributed by atoms with Crippen LogP contribution >= 0.6 is 23.2 Å². The summed E-state index contributed by atoms with van der Waals surface area (Å²) in [6.07, 6.45) is 4.60. The molecule has 0 spiro atoms. The summed E-state index contributed by atoms with van der Waals surface area (Å²) in [5, 5.41) is 1.31. The Morgan fingerprint density at radius 2 is 1.82 bits per heavy atom. The molecule has 0 bridgehead atoms. The Labute approximate surface area is 112 Å². The lowest BCUT2D eigenvalue weighted by atomic mass is 9.93. The first-order valence-electron chi connectivity index (χ1n) is 5.98. The highest BCUT2D eigenvalue weighted by molar-refractivity contribution is 6.35. The van der Waals surface area contributed by atoms with Crippen molar-refractivity contribution in [2.75, 3.05) is 0 Å². The van der Waals surface area contributed by atoms with Gasteiger partial charge in [-0.05, 0) is 25.0 Å². The van der Waals surface area contributed by atoms with E-state index in [1.165, 1.54) is 12.8 Å². The van der Waals surface area contributed by atoms with Gasteiger partial charge in [-0.15, -0.1) is 0 Å². The molecule has 1 aromatic carbocycles. The molecule has 1 aliphatic carbocycles. The van der Waals surface area contributed by atoms with Crippen LogP contribution in [0.1, 0.15) is 31.2 Å². The van der Waals surface area contributed by atoms with Gasteiger partial charge >= 0.3 is 0 Å². The molecule has 2 N–H and O–H groups in total. The van der Waals surface area contributed by atoms with E-state index in [1.54, 1.807) is 0 Å². The van der Waals surface area contributed by atoms with Crippen LogP contribution < -0.4 is 5.73 Å². The molecule has 2 unspecified atom stereocenters. The summed E-state index contributed by atoms with van der Waals surface area (Å²) in [6.45, 7) is 0.441. The quantitative estimate of drug-likeness (QED) is 0.910. The van der Waals surface area contributed by atoms with E-state index < -0.39 is 0 Å². The minimum absolute atomic E-state index is 0.135. The van der Waals surface area contributed by atoms with Crippen molar-refractivity contribution in [3.8, 4) is 0 Å². The van der Waals surface area contributed by atoms with Gasteiger partial charge in [-0.1, -0.05) is 42.1 Å². The molecule has 0 heterocycles. The first kappa shape index (κ1) is 13.2. The fraction of sp³-hybridized carbons (Fsp3) is 0.538. The Hall–Kier alpha value is -0.280. The summed E-state index contributed by atoms with van der Waals surface area (Å²) in [5.74, 6) is 0. The van der Waals surface area contributed by atoms with Crippen LogP contribution in [0.3, 0.4) is 0 Å². The molecule has 94 valence electrons. The summed E-state index contributed by atoms with van der Waals surface area (Å²) < 4.78 is 5.85. The minimum atomic E-state index is 0.135. The first-order chi connectivity index (χ1) is 8.18. The van der Waals surface area contributed by atoms with Gasteiger partial charge in [0.15, 0.2) is 0 Å². The van der Waals surface area contributed by atoms with Gasteiger partial charge in [0.1, 0.15) is 0 Å². The standard InChI is InChI=1S/C13H17Cl2NO/c14-10-4-3-5-11(15)9(10)8-17-13-7-2-1-6-12(13)16/h3-5,12-13H,1-2,6-8,16H2. The molecule has 1 aliphatic rings. The zero-order valence-corrected chi connectivity index (χ0v) is 11.2. The summed E-state index contributed by atoms with van der Waals surface area (Å²) in [7, 11) is 0. The number of benzene rings is 1. The molecular weight excluding hydrogens is 257 g/mol. The van der Waals surface area contributed by atoms with Crippen molar-refractivity contribution < 1.29 is 4.74 Å². The van der Waals surface area contributed by atoms with E-state index in [0.29, 0.717) is 16.7 Å². The molecule has 17 heavy (non-hydrogen) atoms. The monoisotopic (exact) mass is 273 g/mol. The normalized spacial score (nSPS) is 24.9. The molecular formula is C13H17Cl2NO. The van der Waals surface area contributed by atoms with E-state index in [9.17, 15) is 0 Å². The maximum absolute atomic E-state index is 6.09. The van der Waals surface area contributed by atoms with Crippen molar-refractivity contribution in [2.45, 2.75) is 44.4 Å². The highest BCUT2D eigenvalue weighted by Crippen LogP contribution is 2.27. The van der Waals surface area contributed by atoms with Crippen LogP contribution in [0.2, 0.25) is 10.0 Å². The molecule has 1 fully saturated rings. The largest absolute Gasteiger partial charge is 0.372 e. The van der Waals surface area contributed by atoms with Crippen molar-refractivity contribution in [3.63, 3.8) is 0 Å². The second-order valence-electron chi connectivity index (χ2n) is 4.50. The Morgan fingerprint density at radius 1 is 1.18 bits per heavy atom. The lowest BCUT2D eigenvalue weighted by Crippen LogP contribution is -2.39. The van der Waals surface area contributed by atoms with Crippen LogP contribution in [-0.2, 0) is 11.3 Å². The van der Waals surface area contributed by atoms with Gasteiger partial charge in [-0.3, -0.25) is 0 Å². The van der Waals surface area contributed by atoms with Crippen LogP contribution in [0.25, 0.3) is 0 Å². The van der Waals surface area contributed by atoms with Gasteiger partial charge in [-0.2, -0.15) is 0 Å². The molecule has 2 rings (SSSR count). The third-order valence-electron chi connectivity index (χ3n) is 3.26. The van der Waals surface area contributed by atoms with Gasteiger partial charge in [0.25, 0.3) is 0 Å². The first-order valence-corrected chi connectivity index (χ1v) is 6.74. The molecule has 0 aromatic heterocycles. The molecule has 1 saturated carbocycles. The van der Waals surface area contributed by atoms with Crippen LogP contribution in [0.5, 0.6) is 0 Å². The second-order valence-corrected chi connectivity index (χ2v) is 5.31. The average molecular weight is 274 g/mol. The number of nitrogens with two attached hydrogens (primary N) is 1. The number of hydrogen-bond acceptors (Lipinski definition) is 2. The number of rotatable bonds is 3. The smallest absolute Gasteiger partial charge is 0.0750 e. The van der Waals surface area contributed by atoms with Crippen LogP contribution in [0.4, 0.5) is 0 Å². The van der Waals surface area contributed by atoms with Crippen molar-refractivity contribution in [1.82, 2.24) is 0 Å². The Morgan fingerprint density at radius 3 is 2.47 bits per heavy atom. The van der Waals surface area contributed by atoms with Gasteiger partial charge in [0.2, 0.25) is 0 Å². The Kier molecular flexibility index (Phi) is 4.69. The third-order valence-corrected chi connectivity index (χ3v) is 3.97. The number of halogens is 2. The van der Waals surface area contributed by atoms with E-state index in [1.807, 2.05) is 18.2 Å². The third kappa shape index (κ3) is 3.35. The maximum Gasteiger partial charge on any atom is 0.0750 e. The van der Waals surface area contributed by atoms with E-state index >= 15 is 0 Å². The van der Waals surface area contributed by atoms with Gasteiger partial charge in [0.05, 0.1) is 12.7 Å². The second kappa shape index (κ2) is 6.05. The van der Waals surface area contributed by atoms with Crippen molar-refractivity contribution in [2.24, 2.45) is 5.73 Å². The summed E-state index contributed by atoms with van der Waals surface area (Å²) in [4.78, 5) is 0. The van der Waals surface area contributed by atoms with Crippen molar-refractivity contribution >= 4 is 23.2 Å². The SMILES string of the molecule is NC1CCCCC1OCc1c(Cl)cccc1Cl. The summed E-state index contributed by atoms with van der Waals surface area (Å²) in [6, 6.07) is 5.63. The van der Waals surface area contributed by atoms with Gasteiger partial charge < -0.3 is 10.5 Å². The zero-order chi connectivity index (χ0) is 12.3. The highest BCUT2D eigenvalue weighted by Gasteiger charge is 2.22. The molecule has 0 aliphatic heterocycles. The van der Waals surface area contributed by atoms with E-state index in [4.69, 9.17) is 33.7 Å². The summed E-state index contributed by atoms with van der Waals surface area (Å²) >= 11 is 12.2. The van der Waals surface area contributed by atoms with Crippen LogP contribution in [-0.4, -0.2) is 12.1 Å². The van der Waals surface area contributed by atoms with Crippen molar-refractivity contribution in [3.05, 3.63) is 33.8 Å². The maximum atomic E-state index is 6.09. The van der Waals surface area contributed by atoms with Crippen molar-refractivity contribution in [1.29, 1.82) is 0 Å². The van der Waals surface area contributed by atoms with E-state index in [-0.39, 0.29) is 12.1 Å². The molecule has 2 atom stereocenters. The number of ether oxygens (including phenoxy) is 1. The molecule has 4 heteroatoms. The lowest BCUT2D eigenvalue weighted by molar-refractivity contribution is 0.00411. The molecule has 0 saturated heterocycles. The Bertz CT molecular complexity index is 363. The zero-order valence-electron chi connectivity index (χ0n) is 9.66. The minimum Gasteiger partial charge on any atom is -0.372 e. The average Bonchev–Trinajstić information content (AvgIpc) is 2.30. The highest BCUT2D eigenvalue weighted by atomic mass is 35.5. The predicted molar refractivity (Wildman–Crippen MR) is 71.5 cm³/mol. The Balaban J connectivity index is 1.97. The van der Waals surface area contributed by atoms with Gasteiger partial charge in [0, 0.05) is 21.7 Å². The molecule has 1 aromatic rings. The lowest BCUT2D eigenvalue weighted by Gasteiger charge is -2.28. The predicted octanol–water partition coefficient (Wildman–Crippen LogP) is 3.78. The fourth-order valence-electron chi connectivity index (χ4n) is 2.19. The summed E-state index contributed by atoms with van der Waals surface area (Å²) in [5.41, 5.74) is 6.88. The van der Waals surface area contributed by atoms with Crippen LogP contribution in [0, 0.1) is 0 Å². The molecule has 0 radical (unpaired) electrons. The molecule has 2 nitrogen and oxygen atoms in total. The van der Waals surface area contributed by atoms with Gasteiger partial charge in [-0.25, -0.2) is 0 Å². The topological polar surface area (TPSA) is 35.2 Å².